The molecule has 2 nitrogen and oxygen atoms in total. The molecule has 1 heterocycles. The second-order valence-electron chi connectivity index (χ2n) is 5.16. The SMILES string of the molecule is CCC1CCCCC1C1CCCNC1=O. The first-order chi connectivity index (χ1) is 7.33. The summed E-state index contributed by atoms with van der Waals surface area (Å²) in [6.45, 7) is 3.18. The standard InChI is InChI=1S/C13H23NO/c1-2-10-6-3-4-7-11(10)12-8-5-9-14-13(12)15/h10-12H,2-9H2,1H3,(H,14,15). The van der Waals surface area contributed by atoms with Gasteiger partial charge in [-0.25, -0.2) is 0 Å². The second kappa shape index (κ2) is 5.00. The van der Waals surface area contributed by atoms with Gasteiger partial charge in [0, 0.05) is 12.5 Å². The zero-order chi connectivity index (χ0) is 10.7. The van der Waals surface area contributed by atoms with Crippen LogP contribution in [0.5, 0.6) is 0 Å². The molecule has 3 unspecified atom stereocenters. The van der Waals surface area contributed by atoms with Gasteiger partial charge in [-0.05, 0) is 31.1 Å². The lowest BCUT2D eigenvalue weighted by molar-refractivity contribution is -0.130. The topological polar surface area (TPSA) is 29.1 Å². The first-order valence-electron chi connectivity index (χ1n) is 6.60. The van der Waals surface area contributed by atoms with Crippen molar-refractivity contribution in [2.45, 2.75) is 51.9 Å². The van der Waals surface area contributed by atoms with Crippen LogP contribution in [0.1, 0.15) is 51.9 Å². The van der Waals surface area contributed by atoms with Gasteiger partial charge < -0.3 is 5.32 Å². The van der Waals surface area contributed by atoms with Gasteiger partial charge >= 0.3 is 0 Å². The highest BCUT2D eigenvalue weighted by Gasteiger charge is 2.35. The van der Waals surface area contributed by atoms with E-state index in [0.717, 1.165) is 18.9 Å². The van der Waals surface area contributed by atoms with E-state index in [1.54, 1.807) is 0 Å². The molecule has 0 spiro atoms. The van der Waals surface area contributed by atoms with Gasteiger partial charge in [0.05, 0.1) is 0 Å². The third kappa shape index (κ3) is 2.35. The van der Waals surface area contributed by atoms with Crippen LogP contribution in [0.15, 0.2) is 0 Å². The number of amides is 1. The minimum atomic E-state index is 0.337. The smallest absolute Gasteiger partial charge is 0.223 e. The molecule has 2 fully saturated rings. The highest BCUT2D eigenvalue weighted by molar-refractivity contribution is 5.79. The van der Waals surface area contributed by atoms with Gasteiger partial charge in [-0.15, -0.1) is 0 Å². The highest BCUT2D eigenvalue weighted by atomic mass is 16.1. The molecule has 0 radical (unpaired) electrons. The Kier molecular flexibility index (Phi) is 3.66. The van der Waals surface area contributed by atoms with Gasteiger partial charge in [0.2, 0.25) is 5.91 Å². The molecule has 1 saturated carbocycles. The number of carbonyl (C=O) groups is 1. The maximum Gasteiger partial charge on any atom is 0.223 e. The van der Waals surface area contributed by atoms with Crippen LogP contribution in [0.2, 0.25) is 0 Å². The highest BCUT2D eigenvalue weighted by Crippen LogP contribution is 2.39. The Morgan fingerprint density at radius 3 is 2.73 bits per heavy atom. The summed E-state index contributed by atoms with van der Waals surface area (Å²) >= 11 is 0. The van der Waals surface area contributed by atoms with Crippen molar-refractivity contribution in [1.82, 2.24) is 5.32 Å². The number of hydrogen-bond acceptors (Lipinski definition) is 1. The number of piperidine rings is 1. The fraction of sp³-hybridized carbons (Fsp3) is 0.923. The van der Waals surface area contributed by atoms with Gasteiger partial charge in [-0.2, -0.15) is 0 Å². The fourth-order valence-corrected chi connectivity index (χ4v) is 3.48. The summed E-state index contributed by atoms with van der Waals surface area (Å²) in [6, 6.07) is 0. The van der Waals surface area contributed by atoms with Crippen LogP contribution >= 0.6 is 0 Å². The van der Waals surface area contributed by atoms with Crippen LogP contribution in [0.4, 0.5) is 0 Å². The van der Waals surface area contributed by atoms with E-state index in [2.05, 4.69) is 12.2 Å². The Morgan fingerprint density at radius 2 is 2.00 bits per heavy atom. The number of rotatable bonds is 2. The van der Waals surface area contributed by atoms with Crippen molar-refractivity contribution in [1.29, 1.82) is 0 Å². The molecule has 0 bridgehead atoms. The molecule has 3 atom stereocenters. The van der Waals surface area contributed by atoms with Gasteiger partial charge in [0.1, 0.15) is 0 Å². The molecular formula is C13H23NO. The van der Waals surface area contributed by atoms with Gasteiger partial charge in [-0.3, -0.25) is 4.79 Å². The Bertz CT molecular complexity index is 227. The molecule has 1 saturated heterocycles. The summed E-state index contributed by atoms with van der Waals surface area (Å²) in [5.74, 6) is 2.17. The lowest BCUT2D eigenvalue weighted by Gasteiger charge is -2.37. The van der Waals surface area contributed by atoms with E-state index in [9.17, 15) is 4.79 Å². The lowest BCUT2D eigenvalue weighted by atomic mass is 9.69. The van der Waals surface area contributed by atoms with Gasteiger partial charge in [-0.1, -0.05) is 32.6 Å². The lowest BCUT2D eigenvalue weighted by Crippen LogP contribution is -2.42. The molecule has 1 aliphatic carbocycles. The summed E-state index contributed by atoms with van der Waals surface area (Å²) in [7, 11) is 0. The maximum absolute atomic E-state index is 11.8. The Balaban J connectivity index is 2.02. The second-order valence-corrected chi connectivity index (χ2v) is 5.16. The van der Waals surface area contributed by atoms with Crippen molar-refractivity contribution < 1.29 is 4.79 Å². The number of hydrogen-bond donors (Lipinski definition) is 1. The van der Waals surface area contributed by atoms with Crippen molar-refractivity contribution in [2.75, 3.05) is 6.54 Å². The fourth-order valence-electron chi connectivity index (χ4n) is 3.48. The monoisotopic (exact) mass is 209 g/mol. The molecular weight excluding hydrogens is 186 g/mol. The van der Waals surface area contributed by atoms with Crippen LogP contribution in [-0.4, -0.2) is 12.5 Å². The molecule has 1 aliphatic heterocycles. The van der Waals surface area contributed by atoms with Gasteiger partial charge in [0.25, 0.3) is 0 Å². The van der Waals surface area contributed by atoms with Crippen molar-refractivity contribution in [3.8, 4) is 0 Å². The molecule has 15 heavy (non-hydrogen) atoms. The molecule has 1 N–H and O–H groups in total. The Morgan fingerprint density at radius 1 is 1.20 bits per heavy atom. The van der Waals surface area contributed by atoms with Crippen LogP contribution in [0.25, 0.3) is 0 Å². The van der Waals surface area contributed by atoms with E-state index < -0.39 is 0 Å². The Labute approximate surface area is 92.8 Å². The molecule has 0 aromatic rings. The predicted octanol–water partition coefficient (Wildman–Crippen LogP) is 2.73. The van der Waals surface area contributed by atoms with Crippen LogP contribution in [0, 0.1) is 17.8 Å². The molecule has 0 aromatic heterocycles. The van der Waals surface area contributed by atoms with E-state index in [0.29, 0.717) is 17.7 Å². The summed E-state index contributed by atoms with van der Waals surface area (Å²) in [6.07, 6.45) is 8.93. The van der Waals surface area contributed by atoms with Crippen LogP contribution in [0.3, 0.4) is 0 Å². The van der Waals surface area contributed by atoms with Crippen molar-refractivity contribution >= 4 is 5.91 Å². The average molecular weight is 209 g/mol. The molecule has 2 heteroatoms. The van der Waals surface area contributed by atoms with Crippen LogP contribution < -0.4 is 5.32 Å². The van der Waals surface area contributed by atoms with E-state index in [4.69, 9.17) is 0 Å². The van der Waals surface area contributed by atoms with Crippen molar-refractivity contribution in [2.24, 2.45) is 17.8 Å². The third-order valence-corrected chi connectivity index (χ3v) is 4.34. The largest absolute Gasteiger partial charge is 0.356 e. The first kappa shape index (κ1) is 11.0. The predicted molar refractivity (Wildman–Crippen MR) is 61.5 cm³/mol. The number of nitrogens with one attached hydrogen (secondary N) is 1. The normalized spacial score (nSPS) is 37.4. The minimum absolute atomic E-state index is 0.337. The Hall–Kier alpha value is -0.530. The molecule has 2 rings (SSSR count). The summed E-state index contributed by atoms with van der Waals surface area (Å²) < 4.78 is 0. The van der Waals surface area contributed by atoms with Crippen molar-refractivity contribution in [3.05, 3.63) is 0 Å². The average Bonchev–Trinajstić information content (AvgIpc) is 2.30. The van der Waals surface area contributed by atoms with E-state index in [-0.39, 0.29) is 0 Å². The molecule has 0 aromatic carbocycles. The molecule has 2 aliphatic rings. The molecule has 86 valence electrons. The van der Waals surface area contributed by atoms with E-state index in [1.165, 1.54) is 38.5 Å². The number of carbonyl (C=O) groups excluding carboxylic acids is 1. The van der Waals surface area contributed by atoms with Gasteiger partial charge in [0.15, 0.2) is 0 Å². The van der Waals surface area contributed by atoms with E-state index >= 15 is 0 Å². The zero-order valence-corrected chi connectivity index (χ0v) is 9.80. The van der Waals surface area contributed by atoms with E-state index in [1.807, 2.05) is 0 Å². The zero-order valence-electron chi connectivity index (χ0n) is 9.80. The summed E-state index contributed by atoms with van der Waals surface area (Å²) in [4.78, 5) is 11.8. The summed E-state index contributed by atoms with van der Waals surface area (Å²) in [5.41, 5.74) is 0. The third-order valence-electron chi connectivity index (χ3n) is 4.34. The van der Waals surface area contributed by atoms with Crippen LogP contribution in [-0.2, 0) is 4.79 Å². The van der Waals surface area contributed by atoms with Crippen molar-refractivity contribution in [3.63, 3.8) is 0 Å². The maximum atomic E-state index is 11.8. The summed E-state index contributed by atoms with van der Waals surface area (Å²) in [5, 5.41) is 3.04. The first-order valence-corrected chi connectivity index (χ1v) is 6.60. The quantitative estimate of drug-likeness (QED) is 0.744. The molecule has 1 amide bonds. The minimum Gasteiger partial charge on any atom is -0.356 e.